The van der Waals surface area contributed by atoms with E-state index in [-0.39, 0.29) is 0 Å². The van der Waals surface area contributed by atoms with Gasteiger partial charge in [-0.25, -0.2) is 0 Å². The summed E-state index contributed by atoms with van der Waals surface area (Å²) in [5.41, 5.74) is 4.06. The van der Waals surface area contributed by atoms with Crippen molar-refractivity contribution in [1.29, 1.82) is 0 Å². The predicted octanol–water partition coefficient (Wildman–Crippen LogP) is 5.54. The molecule has 110 valence electrons. The molecular weight excluding hydrogens is 242 g/mol. The average Bonchev–Trinajstić information content (AvgIpc) is 2.50. The maximum Gasteiger partial charge on any atom is 0.0366 e. The highest BCUT2D eigenvalue weighted by Crippen LogP contribution is 2.25. The van der Waals surface area contributed by atoms with Gasteiger partial charge in [-0.05, 0) is 55.9 Å². The highest BCUT2D eigenvalue weighted by atomic mass is 15.1. The van der Waals surface area contributed by atoms with Crippen molar-refractivity contribution in [3.05, 3.63) is 48.6 Å². The molecule has 0 aliphatic rings. The fourth-order valence-electron chi connectivity index (χ4n) is 2.46. The maximum absolute atomic E-state index is 3.88. The van der Waals surface area contributed by atoms with E-state index in [2.05, 4.69) is 69.5 Å². The Morgan fingerprint density at radius 3 is 2.35 bits per heavy atom. The predicted molar refractivity (Wildman–Crippen MR) is 92.2 cm³/mol. The number of anilines is 1. The Labute approximate surface area is 125 Å². The monoisotopic (exact) mass is 271 g/mol. The third-order valence-corrected chi connectivity index (χ3v) is 3.77. The molecule has 1 nitrogen and oxygen atoms in total. The second-order valence-electron chi connectivity index (χ2n) is 5.36. The van der Waals surface area contributed by atoms with Gasteiger partial charge in [0.05, 0.1) is 0 Å². The number of hydrogen-bond donors (Lipinski definition) is 0. The van der Waals surface area contributed by atoms with E-state index in [4.69, 9.17) is 0 Å². The number of hydrogen-bond acceptors (Lipinski definition) is 1. The van der Waals surface area contributed by atoms with Crippen molar-refractivity contribution >= 4 is 11.3 Å². The van der Waals surface area contributed by atoms with Gasteiger partial charge >= 0.3 is 0 Å². The molecule has 0 aliphatic carbocycles. The molecule has 0 bridgehead atoms. The zero-order chi connectivity index (χ0) is 15.0. The summed E-state index contributed by atoms with van der Waals surface area (Å²) in [7, 11) is 0. The van der Waals surface area contributed by atoms with Crippen molar-refractivity contribution in [3.63, 3.8) is 0 Å². The van der Waals surface area contributed by atoms with Crippen LogP contribution < -0.4 is 4.90 Å². The van der Waals surface area contributed by atoms with E-state index in [9.17, 15) is 0 Å². The molecule has 1 unspecified atom stereocenters. The smallest absolute Gasteiger partial charge is 0.0366 e. The van der Waals surface area contributed by atoms with Crippen LogP contribution in [0.1, 0.15) is 46.1 Å². The van der Waals surface area contributed by atoms with Gasteiger partial charge in [-0.3, -0.25) is 0 Å². The second kappa shape index (κ2) is 8.63. The van der Waals surface area contributed by atoms with Crippen LogP contribution in [0.25, 0.3) is 5.57 Å². The van der Waals surface area contributed by atoms with E-state index in [0.717, 1.165) is 19.5 Å². The molecule has 1 atom stereocenters. The molecule has 1 aromatic rings. The molecular formula is C19H29N. The van der Waals surface area contributed by atoms with Crippen LogP contribution in [0, 0.1) is 5.92 Å². The summed E-state index contributed by atoms with van der Waals surface area (Å²) < 4.78 is 0. The molecule has 0 fully saturated rings. The van der Waals surface area contributed by atoms with Crippen molar-refractivity contribution in [3.8, 4) is 0 Å². The first-order chi connectivity index (χ1) is 9.65. The summed E-state index contributed by atoms with van der Waals surface area (Å²) in [6.45, 7) is 14.8. The van der Waals surface area contributed by atoms with E-state index in [1.54, 1.807) is 0 Å². The topological polar surface area (TPSA) is 3.24 Å². The second-order valence-corrected chi connectivity index (χ2v) is 5.36. The van der Waals surface area contributed by atoms with E-state index in [1.165, 1.54) is 23.2 Å². The van der Waals surface area contributed by atoms with Gasteiger partial charge in [0.15, 0.2) is 0 Å². The molecule has 0 aliphatic heterocycles. The molecule has 0 saturated carbocycles. The Kier molecular flexibility index (Phi) is 7.14. The van der Waals surface area contributed by atoms with Gasteiger partial charge in [-0.2, -0.15) is 0 Å². The molecule has 20 heavy (non-hydrogen) atoms. The first-order valence-corrected chi connectivity index (χ1v) is 7.79. The van der Waals surface area contributed by atoms with E-state index < -0.39 is 0 Å². The van der Waals surface area contributed by atoms with E-state index >= 15 is 0 Å². The lowest BCUT2D eigenvalue weighted by Gasteiger charge is -2.23. The lowest BCUT2D eigenvalue weighted by atomic mass is 9.95. The average molecular weight is 271 g/mol. The zero-order valence-electron chi connectivity index (χ0n) is 13.5. The summed E-state index contributed by atoms with van der Waals surface area (Å²) in [6.07, 6.45) is 6.49. The molecule has 1 aromatic carbocycles. The van der Waals surface area contributed by atoms with Gasteiger partial charge in [0.1, 0.15) is 0 Å². The van der Waals surface area contributed by atoms with Crippen LogP contribution in [0.4, 0.5) is 5.69 Å². The molecule has 1 heteroatoms. The van der Waals surface area contributed by atoms with Crippen molar-refractivity contribution in [2.24, 2.45) is 5.92 Å². The van der Waals surface area contributed by atoms with Crippen molar-refractivity contribution in [1.82, 2.24) is 0 Å². The number of benzene rings is 1. The Morgan fingerprint density at radius 1 is 1.25 bits per heavy atom. The third kappa shape index (κ3) is 4.56. The van der Waals surface area contributed by atoms with Crippen molar-refractivity contribution in [2.45, 2.75) is 40.5 Å². The molecule has 0 heterocycles. The van der Waals surface area contributed by atoms with Crippen LogP contribution in [0.3, 0.4) is 0 Å². The molecule has 0 aromatic heterocycles. The molecule has 1 rings (SSSR count). The fourth-order valence-corrected chi connectivity index (χ4v) is 2.46. The summed E-state index contributed by atoms with van der Waals surface area (Å²) in [4.78, 5) is 2.42. The Bertz CT molecular complexity index is 428. The molecule has 0 spiro atoms. The molecule has 0 N–H and O–H groups in total. The Hall–Kier alpha value is -1.50. The van der Waals surface area contributed by atoms with E-state index in [1.807, 2.05) is 6.08 Å². The fraction of sp³-hybridized carbons (Fsp3) is 0.474. The van der Waals surface area contributed by atoms with Gasteiger partial charge < -0.3 is 4.90 Å². The summed E-state index contributed by atoms with van der Waals surface area (Å²) >= 11 is 0. The SMILES string of the molecule is C=CC(C)C/C(=C\C)c1ccc(N(CC)CCC)cc1. The first kappa shape index (κ1) is 16.6. The minimum absolute atomic E-state index is 0.521. The van der Waals surface area contributed by atoms with Crippen LogP contribution in [0.5, 0.6) is 0 Å². The highest BCUT2D eigenvalue weighted by molar-refractivity contribution is 5.67. The first-order valence-electron chi connectivity index (χ1n) is 7.79. The van der Waals surface area contributed by atoms with E-state index in [0.29, 0.717) is 5.92 Å². The number of nitrogens with zero attached hydrogens (tertiary/aromatic N) is 1. The van der Waals surface area contributed by atoms with Crippen LogP contribution >= 0.6 is 0 Å². The van der Waals surface area contributed by atoms with Crippen LogP contribution in [0.15, 0.2) is 43.0 Å². The summed E-state index contributed by atoms with van der Waals surface area (Å²) in [5.74, 6) is 0.521. The normalized spacial score (nSPS) is 13.1. The van der Waals surface area contributed by atoms with Crippen LogP contribution in [-0.2, 0) is 0 Å². The lowest BCUT2D eigenvalue weighted by Crippen LogP contribution is -2.23. The van der Waals surface area contributed by atoms with Gasteiger partial charge in [0.2, 0.25) is 0 Å². The van der Waals surface area contributed by atoms with Crippen molar-refractivity contribution < 1.29 is 0 Å². The summed E-state index contributed by atoms with van der Waals surface area (Å²) in [6, 6.07) is 8.99. The minimum atomic E-state index is 0.521. The maximum atomic E-state index is 3.88. The van der Waals surface area contributed by atoms with Crippen LogP contribution in [-0.4, -0.2) is 13.1 Å². The zero-order valence-corrected chi connectivity index (χ0v) is 13.5. The van der Waals surface area contributed by atoms with Gasteiger partial charge in [-0.1, -0.05) is 38.1 Å². The van der Waals surface area contributed by atoms with Gasteiger partial charge in [0.25, 0.3) is 0 Å². The highest BCUT2D eigenvalue weighted by Gasteiger charge is 2.07. The largest absolute Gasteiger partial charge is 0.372 e. The number of rotatable bonds is 8. The van der Waals surface area contributed by atoms with Gasteiger partial charge in [0, 0.05) is 18.8 Å². The van der Waals surface area contributed by atoms with Gasteiger partial charge in [-0.15, -0.1) is 6.58 Å². The third-order valence-electron chi connectivity index (χ3n) is 3.77. The number of allylic oxidation sites excluding steroid dienone is 3. The lowest BCUT2D eigenvalue weighted by molar-refractivity contribution is 0.757. The standard InChI is InChI=1S/C19H29N/c1-6-14-20(9-4)19-12-10-18(11-13-19)17(8-3)15-16(5)7-2/h7-8,10-13,16H,2,6,9,14-15H2,1,3-5H3/b17-8+. The molecule has 0 amide bonds. The Morgan fingerprint density at radius 2 is 1.90 bits per heavy atom. The van der Waals surface area contributed by atoms with Crippen molar-refractivity contribution in [2.75, 3.05) is 18.0 Å². The molecule has 0 radical (unpaired) electrons. The Balaban J connectivity index is 2.86. The quantitative estimate of drug-likeness (QED) is 0.561. The summed E-state index contributed by atoms with van der Waals surface area (Å²) in [5, 5.41) is 0. The van der Waals surface area contributed by atoms with Crippen LogP contribution in [0.2, 0.25) is 0 Å². The minimum Gasteiger partial charge on any atom is -0.372 e. The molecule has 0 saturated heterocycles.